The molecule has 2 aromatic carbocycles. The third-order valence-electron chi connectivity index (χ3n) is 3.95. The van der Waals surface area contributed by atoms with Crippen LogP contribution < -0.4 is 5.32 Å². The van der Waals surface area contributed by atoms with Gasteiger partial charge in [-0.2, -0.15) is 0 Å². The molecule has 0 aromatic heterocycles. The van der Waals surface area contributed by atoms with Crippen LogP contribution in [-0.2, 0) is 24.7 Å². The first-order valence-corrected chi connectivity index (χ1v) is 8.33. The second kappa shape index (κ2) is 8.95. The Kier molecular flexibility index (Phi) is 6.67. The standard InChI is InChI=1S/C20H22N2O5/c1-22(2)18(24)13-21-17(23)14-27-19(25)20(26,15-9-5-3-6-10-15)16-11-7-4-8-12-16/h3-12,26H,13-14H2,1-2H3,(H,21,23). The van der Waals surface area contributed by atoms with E-state index in [0.29, 0.717) is 11.1 Å². The van der Waals surface area contributed by atoms with Gasteiger partial charge >= 0.3 is 5.97 Å². The van der Waals surface area contributed by atoms with Crippen LogP contribution in [0.25, 0.3) is 0 Å². The van der Waals surface area contributed by atoms with Gasteiger partial charge in [-0.1, -0.05) is 60.7 Å². The Labute approximate surface area is 157 Å². The molecule has 0 heterocycles. The summed E-state index contributed by atoms with van der Waals surface area (Å²) in [6.45, 7) is -0.813. The molecule has 0 aliphatic heterocycles. The molecule has 0 atom stereocenters. The van der Waals surface area contributed by atoms with Crippen molar-refractivity contribution in [3.05, 3.63) is 71.8 Å². The molecule has 2 amide bonds. The minimum atomic E-state index is -2.05. The monoisotopic (exact) mass is 370 g/mol. The maximum atomic E-state index is 12.7. The number of carbonyl (C=O) groups excluding carboxylic acids is 3. The molecular formula is C20H22N2O5. The van der Waals surface area contributed by atoms with Crippen molar-refractivity contribution in [3.8, 4) is 0 Å². The predicted octanol–water partition coefficient (Wildman–Crippen LogP) is 0.670. The van der Waals surface area contributed by atoms with Gasteiger partial charge in [-0.05, 0) is 11.1 Å². The zero-order valence-electron chi connectivity index (χ0n) is 15.2. The molecular weight excluding hydrogens is 348 g/mol. The highest BCUT2D eigenvalue weighted by atomic mass is 16.6. The van der Waals surface area contributed by atoms with Crippen molar-refractivity contribution in [3.63, 3.8) is 0 Å². The molecule has 0 bridgehead atoms. The van der Waals surface area contributed by atoms with E-state index in [9.17, 15) is 19.5 Å². The molecule has 0 saturated carbocycles. The van der Waals surface area contributed by atoms with Crippen molar-refractivity contribution in [2.45, 2.75) is 5.60 Å². The maximum Gasteiger partial charge on any atom is 0.348 e. The van der Waals surface area contributed by atoms with Crippen LogP contribution >= 0.6 is 0 Å². The van der Waals surface area contributed by atoms with Crippen molar-refractivity contribution < 1.29 is 24.2 Å². The third-order valence-corrected chi connectivity index (χ3v) is 3.95. The summed E-state index contributed by atoms with van der Waals surface area (Å²) in [5.74, 6) is -1.91. The normalized spacial score (nSPS) is 10.8. The molecule has 27 heavy (non-hydrogen) atoms. The number of hydrogen-bond donors (Lipinski definition) is 2. The molecule has 7 heteroatoms. The van der Waals surface area contributed by atoms with Gasteiger partial charge in [-0.25, -0.2) is 4.79 Å². The van der Waals surface area contributed by atoms with E-state index in [1.807, 2.05) is 0 Å². The Hall–Kier alpha value is -3.19. The van der Waals surface area contributed by atoms with Crippen LogP contribution in [0.3, 0.4) is 0 Å². The van der Waals surface area contributed by atoms with E-state index < -0.39 is 24.1 Å². The summed E-state index contributed by atoms with van der Waals surface area (Å²) in [6, 6.07) is 16.7. The lowest BCUT2D eigenvalue weighted by molar-refractivity contribution is -0.164. The van der Waals surface area contributed by atoms with Crippen LogP contribution in [0.2, 0.25) is 0 Å². The molecule has 2 aromatic rings. The molecule has 0 unspecified atom stereocenters. The van der Waals surface area contributed by atoms with Crippen molar-refractivity contribution in [1.29, 1.82) is 0 Å². The summed E-state index contributed by atoms with van der Waals surface area (Å²) in [5, 5.41) is 13.5. The van der Waals surface area contributed by atoms with E-state index in [4.69, 9.17) is 4.74 Å². The van der Waals surface area contributed by atoms with Crippen molar-refractivity contribution in [2.24, 2.45) is 0 Å². The smallest absolute Gasteiger partial charge is 0.348 e. The number of nitrogens with one attached hydrogen (secondary N) is 1. The minimum Gasteiger partial charge on any atom is -0.453 e. The minimum absolute atomic E-state index is 0.203. The van der Waals surface area contributed by atoms with Crippen molar-refractivity contribution in [2.75, 3.05) is 27.2 Å². The van der Waals surface area contributed by atoms with Crippen molar-refractivity contribution >= 4 is 17.8 Å². The molecule has 0 fully saturated rings. The van der Waals surface area contributed by atoms with Gasteiger partial charge < -0.3 is 20.1 Å². The molecule has 2 N–H and O–H groups in total. The van der Waals surface area contributed by atoms with Crippen LogP contribution in [0, 0.1) is 0 Å². The Morgan fingerprint density at radius 1 is 0.963 bits per heavy atom. The lowest BCUT2D eigenvalue weighted by atomic mass is 9.86. The number of hydrogen-bond acceptors (Lipinski definition) is 5. The molecule has 142 valence electrons. The summed E-state index contributed by atoms with van der Waals surface area (Å²) >= 11 is 0. The Morgan fingerprint density at radius 2 is 1.44 bits per heavy atom. The largest absolute Gasteiger partial charge is 0.453 e. The van der Waals surface area contributed by atoms with Gasteiger partial charge in [0.05, 0.1) is 6.54 Å². The van der Waals surface area contributed by atoms with E-state index in [1.165, 1.54) is 4.90 Å². The Balaban J connectivity index is 2.12. The molecule has 7 nitrogen and oxygen atoms in total. The molecule has 0 saturated heterocycles. The lowest BCUT2D eigenvalue weighted by Gasteiger charge is -2.27. The highest BCUT2D eigenvalue weighted by molar-refractivity contribution is 5.89. The van der Waals surface area contributed by atoms with Gasteiger partial charge in [0, 0.05) is 14.1 Å². The maximum absolute atomic E-state index is 12.7. The van der Waals surface area contributed by atoms with Crippen LogP contribution in [0.5, 0.6) is 0 Å². The number of esters is 1. The first-order valence-electron chi connectivity index (χ1n) is 8.33. The Morgan fingerprint density at radius 3 is 1.89 bits per heavy atom. The topological polar surface area (TPSA) is 95.9 Å². The molecule has 0 spiro atoms. The first kappa shape index (κ1) is 20.1. The average molecular weight is 370 g/mol. The van der Waals surface area contributed by atoms with E-state index in [2.05, 4.69) is 5.32 Å². The summed E-state index contributed by atoms with van der Waals surface area (Å²) in [6.07, 6.45) is 0. The second-order valence-corrected chi connectivity index (χ2v) is 6.08. The summed E-state index contributed by atoms with van der Waals surface area (Å²) < 4.78 is 5.04. The highest BCUT2D eigenvalue weighted by Gasteiger charge is 2.41. The fourth-order valence-corrected chi connectivity index (χ4v) is 2.38. The van der Waals surface area contributed by atoms with Crippen LogP contribution in [0.15, 0.2) is 60.7 Å². The van der Waals surface area contributed by atoms with E-state index in [0.717, 1.165) is 0 Å². The molecule has 0 radical (unpaired) electrons. The lowest BCUT2D eigenvalue weighted by Crippen LogP contribution is -2.42. The number of ether oxygens (including phenoxy) is 1. The second-order valence-electron chi connectivity index (χ2n) is 6.08. The van der Waals surface area contributed by atoms with Gasteiger partial charge in [0.2, 0.25) is 11.5 Å². The zero-order valence-corrected chi connectivity index (χ0v) is 15.2. The third kappa shape index (κ3) is 4.92. The number of benzene rings is 2. The summed E-state index contributed by atoms with van der Waals surface area (Å²) in [7, 11) is 3.13. The zero-order chi connectivity index (χ0) is 19.9. The fourth-order valence-electron chi connectivity index (χ4n) is 2.38. The number of aliphatic hydroxyl groups is 1. The number of amides is 2. The summed E-state index contributed by atoms with van der Waals surface area (Å²) in [4.78, 5) is 37.3. The number of nitrogens with zero attached hydrogens (tertiary/aromatic N) is 1. The fraction of sp³-hybridized carbons (Fsp3) is 0.250. The van der Waals surface area contributed by atoms with Gasteiger partial charge in [-0.3, -0.25) is 9.59 Å². The van der Waals surface area contributed by atoms with Crippen LogP contribution in [0.1, 0.15) is 11.1 Å². The molecule has 0 aliphatic carbocycles. The SMILES string of the molecule is CN(C)C(=O)CNC(=O)COC(=O)C(O)(c1ccccc1)c1ccccc1. The number of carbonyl (C=O) groups is 3. The first-order chi connectivity index (χ1) is 12.9. The van der Waals surface area contributed by atoms with E-state index in [-0.39, 0.29) is 12.5 Å². The average Bonchev–Trinajstić information content (AvgIpc) is 2.70. The van der Waals surface area contributed by atoms with E-state index in [1.54, 1.807) is 74.8 Å². The summed E-state index contributed by atoms with van der Waals surface area (Å²) in [5.41, 5.74) is -1.41. The molecule has 2 rings (SSSR count). The predicted molar refractivity (Wildman–Crippen MR) is 98.5 cm³/mol. The molecule has 0 aliphatic rings. The van der Waals surface area contributed by atoms with Crippen LogP contribution in [-0.4, -0.2) is 55.0 Å². The number of likely N-dealkylation sites (N-methyl/N-ethyl adjacent to an activating group) is 1. The quantitative estimate of drug-likeness (QED) is 0.699. The van der Waals surface area contributed by atoms with Gasteiger partial charge in [-0.15, -0.1) is 0 Å². The van der Waals surface area contributed by atoms with Crippen LogP contribution in [0.4, 0.5) is 0 Å². The highest BCUT2D eigenvalue weighted by Crippen LogP contribution is 2.30. The van der Waals surface area contributed by atoms with Crippen molar-refractivity contribution in [1.82, 2.24) is 10.2 Å². The Bertz CT molecular complexity index is 751. The van der Waals surface area contributed by atoms with Gasteiger partial charge in [0.25, 0.3) is 5.91 Å². The van der Waals surface area contributed by atoms with Gasteiger partial charge in [0.15, 0.2) is 6.61 Å². The van der Waals surface area contributed by atoms with E-state index >= 15 is 0 Å². The number of rotatable bonds is 7. The van der Waals surface area contributed by atoms with Gasteiger partial charge in [0.1, 0.15) is 0 Å².